The molecule has 3 aromatic rings. The van der Waals surface area contributed by atoms with Gasteiger partial charge in [-0.15, -0.1) is 0 Å². The third-order valence-electron chi connectivity index (χ3n) is 4.50. The summed E-state index contributed by atoms with van der Waals surface area (Å²) in [5, 5.41) is 21.3. The van der Waals surface area contributed by atoms with Crippen LogP contribution in [0.2, 0.25) is 0 Å². The van der Waals surface area contributed by atoms with Crippen LogP contribution >= 0.6 is 0 Å². The monoisotopic (exact) mass is 394 g/mol. The predicted octanol–water partition coefficient (Wildman–Crippen LogP) is 4.44. The highest BCUT2D eigenvalue weighted by Gasteiger charge is 2.13. The number of amides is 1. The van der Waals surface area contributed by atoms with Crippen LogP contribution < -0.4 is 5.32 Å². The second kappa shape index (κ2) is 8.60. The Balaban J connectivity index is 1.60. The number of nitrogens with zero attached hydrogens (tertiary/aromatic N) is 1. The SMILES string of the molecule is CC(C)c1ccc(-c2cnc(CCC(=O)Nc3cc(C(=O)O)ccc3O)o2)cc1. The van der Waals surface area contributed by atoms with Gasteiger partial charge in [-0.05, 0) is 29.7 Å². The summed E-state index contributed by atoms with van der Waals surface area (Å²) in [6, 6.07) is 11.7. The van der Waals surface area contributed by atoms with Gasteiger partial charge in [0, 0.05) is 18.4 Å². The molecule has 0 atom stereocenters. The van der Waals surface area contributed by atoms with Gasteiger partial charge in [0.05, 0.1) is 17.4 Å². The summed E-state index contributed by atoms with van der Waals surface area (Å²) in [6.07, 6.45) is 1.97. The number of aryl methyl sites for hydroxylation is 1. The number of oxazole rings is 1. The van der Waals surface area contributed by atoms with E-state index in [4.69, 9.17) is 9.52 Å². The lowest BCUT2D eigenvalue weighted by atomic mass is 10.0. The molecular formula is C22H22N2O5. The van der Waals surface area contributed by atoms with E-state index in [-0.39, 0.29) is 35.7 Å². The first kappa shape index (κ1) is 20.1. The lowest BCUT2D eigenvalue weighted by molar-refractivity contribution is -0.116. The zero-order valence-electron chi connectivity index (χ0n) is 16.2. The number of carbonyl (C=O) groups excluding carboxylic acids is 1. The van der Waals surface area contributed by atoms with Crippen molar-refractivity contribution in [2.75, 3.05) is 5.32 Å². The van der Waals surface area contributed by atoms with Crippen LogP contribution in [-0.2, 0) is 11.2 Å². The van der Waals surface area contributed by atoms with Crippen molar-refractivity contribution in [2.24, 2.45) is 0 Å². The minimum Gasteiger partial charge on any atom is -0.506 e. The highest BCUT2D eigenvalue weighted by molar-refractivity contribution is 5.95. The largest absolute Gasteiger partial charge is 0.506 e. The van der Waals surface area contributed by atoms with Gasteiger partial charge in [-0.1, -0.05) is 38.1 Å². The van der Waals surface area contributed by atoms with E-state index in [1.54, 1.807) is 6.20 Å². The predicted molar refractivity (Wildman–Crippen MR) is 108 cm³/mol. The van der Waals surface area contributed by atoms with Crippen LogP contribution in [0.15, 0.2) is 53.1 Å². The average molecular weight is 394 g/mol. The number of hydrogen-bond donors (Lipinski definition) is 3. The topological polar surface area (TPSA) is 113 Å². The van der Waals surface area contributed by atoms with Gasteiger partial charge in [0.2, 0.25) is 5.91 Å². The number of phenols is 1. The number of nitrogens with one attached hydrogen (secondary N) is 1. The molecule has 0 aliphatic carbocycles. The molecule has 0 aliphatic heterocycles. The summed E-state index contributed by atoms with van der Waals surface area (Å²) in [6.45, 7) is 4.26. The van der Waals surface area contributed by atoms with Gasteiger partial charge in [0.15, 0.2) is 11.7 Å². The minimum absolute atomic E-state index is 0.0288. The van der Waals surface area contributed by atoms with Crippen LogP contribution in [0.5, 0.6) is 5.75 Å². The second-order valence-electron chi connectivity index (χ2n) is 6.98. The van der Waals surface area contributed by atoms with E-state index in [0.717, 1.165) is 5.56 Å². The third kappa shape index (κ3) is 5.01. The maximum absolute atomic E-state index is 12.2. The summed E-state index contributed by atoms with van der Waals surface area (Å²) in [5.41, 5.74) is 2.17. The van der Waals surface area contributed by atoms with E-state index in [1.807, 2.05) is 24.3 Å². The van der Waals surface area contributed by atoms with Crippen molar-refractivity contribution in [3.8, 4) is 17.1 Å². The lowest BCUT2D eigenvalue weighted by Crippen LogP contribution is -2.13. The summed E-state index contributed by atoms with van der Waals surface area (Å²) < 4.78 is 5.73. The number of phenolic OH excluding ortho intramolecular Hbond substituents is 1. The van der Waals surface area contributed by atoms with Crippen molar-refractivity contribution in [3.05, 3.63) is 65.7 Å². The molecule has 0 radical (unpaired) electrons. The molecule has 1 heterocycles. The Morgan fingerprint density at radius 1 is 1.14 bits per heavy atom. The Labute approximate surface area is 168 Å². The first-order valence-electron chi connectivity index (χ1n) is 9.24. The molecule has 3 N–H and O–H groups in total. The van der Waals surface area contributed by atoms with E-state index in [2.05, 4.69) is 24.1 Å². The lowest BCUT2D eigenvalue weighted by Gasteiger charge is -2.07. The first-order chi connectivity index (χ1) is 13.8. The van der Waals surface area contributed by atoms with Gasteiger partial charge in [0.1, 0.15) is 5.75 Å². The van der Waals surface area contributed by atoms with Crippen molar-refractivity contribution in [2.45, 2.75) is 32.6 Å². The fourth-order valence-corrected chi connectivity index (χ4v) is 2.79. The van der Waals surface area contributed by atoms with E-state index >= 15 is 0 Å². The number of hydrogen-bond acceptors (Lipinski definition) is 5. The highest BCUT2D eigenvalue weighted by Crippen LogP contribution is 2.26. The smallest absolute Gasteiger partial charge is 0.335 e. The molecule has 7 nitrogen and oxygen atoms in total. The zero-order valence-corrected chi connectivity index (χ0v) is 16.2. The van der Waals surface area contributed by atoms with Gasteiger partial charge < -0.3 is 19.9 Å². The number of benzene rings is 2. The van der Waals surface area contributed by atoms with Crippen molar-refractivity contribution in [3.63, 3.8) is 0 Å². The van der Waals surface area contributed by atoms with Gasteiger partial charge in [0.25, 0.3) is 0 Å². The number of aromatic hydroxyl groups is 1. The fourth-order valence-electron chi connectivity index (χ4n) is 2.79. The Kier molecular flexibility index (Phi) is 5.97. The molecule has 0 aliphatic rings. The summed E-state index contributed by atoms with van der Waals surface area (Å²) >= 11 is 0. The number of carboxylic acids is 1. The molecule has 2 aromatic carbocycles. The van der Waals surface area contributed by atoms with Gasteiger partial charge in [-0.3, -0.25) is 4.79 Å². The van der Waals surface area contributed by atoms with E-state index < -0.39 is 5.97 Å². The number of aromatic carboxylic acids is 1. The molecule has 0 saturated carbocycles. The van der Waals surface area contributed by atoms with Gasteiger partial charge >= 0.3 is 5.97 Å². The Hall–Kier alpha value is -3.61. The molecule has 0 fully saturated rings. The molecular weight excluding hydrogens is 372 g/mol. The van der Waals surface area contributed by atoms with Crippen molar-refractivity contribution in [1.29, 1.82) is 0 Å². The molecule has 3 rings (SSSR count). The summed E-state index contributed by atoms with van der Waals surface area (Å²) in [7, 11) is 0. The average Bonchev–Trinajstić information content (AvgIpc) is 3.17. The summed E-state index contributed by atoms with van der Waals surface area (Å²) in [4.78, 5) is 27.4. The minimum atomic E-state index is -1.14. The normalized spacial score (nSPS) is 10.9. The molecule has 7 heteroatoms. The molecule has 1 amide bonds. The molecule has 0 spiro atoms. The molecule has 0 saturated heterocycles. The number of rotatable bonds is 7. The van der Waals surface area contributed by atoms with E-state index in [1.165, 1.54) is 23.8 Å². The zero-order chi connectivity index (χ0) is 21.0. The number of anilines is 1. The highest BCUT2D eigenvalue weighted by atomic mass is 16.4. The van der Waals surface area contributed by atoms with Crippen LogP contribution in [0.3, 0.4) is 0 Å². The maximum atomic E-state index is 12.2. The number of aromatic nitrogens is 1. The van der Waals surface area contributed by atoms with Crippen molar-refractivity contribution >= 4 is 17.6 Å². The van der Waals surface area contributed by atoms with Crippen molar-refractivity contribution < 1.29 is 24.2 Å². The van der Waals surface area contributed by atoms with E-state index in [0.29, 0.717) is 17.6 Å². The van der Waals surface area contributed by atoms with Gasteiger partial charge in [-0.25, -0.2) is 9.78 Å². The van der Waals surface area contributed by atoms with Crippen LogP contribution in [0, 0.1) is 0 Å². The maximum Gasteiger partial charge on any atom is 0.335 e. The molecule has 0 unspecified atom stereocenters. The van der Waals surface area contributed by atoms with Crippen LogP contribution in [0.4, 0.5) is 5.69 Å². The number of carboxylic acid groups (broad SMARTS) is 1. The van der Waals surface area contributed by atoms with Crippen LogP contribution in [0.25, 0.3) is 11.3 Å². The molecule has 0 bridgehead atoms. The Morgan fingerprint density at radius 2 is 1.86 bits per heavy atom. The third-order valence-corrected chi connectivity index (χ3v) is 4.50. The fraction of sp³-hybridized carbons (Fsp3) is 0.227. The molecule has 1 aromatic heterocycles. The van der Waals surface area contributed by atoms with Crippen LogP contribution in [-0.4, -0.2) is 27.1 Å². The van der Waals surface area contributed by atoms with Crippen LogP contribution in [0.1, 0.15) is 48.0 Å². The molecule has 150 valence electrons. The quantitative estimate of drug-likeness (QED) is 0.511. The van der Waals surface area contributed by atoms with Crippen molar-refractivity contribution in [1.82, 2.24) is 4.98 Å². The molecule has 29 heavy (non-hydrogen) atoms. The van der Waals surface area contributed by atoms with Gasteiger partial charge in [-0.2, -0.15) is 0 Å². The first-order valence-corrected chi connectivity index (χ1v) is 9.24. The summed E-state index contributed by atoms with van der Waals surface area (Å²) in [5.74, 6) is -0.234. The Bertz CT molecular complexity index is 1020. The Morgan fingerprint density at radius 3 is 2.52 bits per heavy atom. The number of carbonyl (C=O) groups is 2. The second-order valence-corrected chi connectivity index (χ2v) is 6.98. The van der Waals surface area contributed by atoms with E-state index in [9.17, 15) is 14.7 Å². The standard InChI is InChI=1S/C22H22N2O5/c1-13(2)14-3-5-15(6-4-14)19-12-23-21(29-19)10-9-20(26)24-17-11-16(22(27)28)7-8-18(17)25/h3-8,11-13,25H,9-10H2,1-2H3,(H,24,26)(H,27,28).